The fourth-order valence-corrected chi connectivity index (χ4v) is 1.31. The molecule has 2 rings (SSSR count). The second kappa shape index (κ2) is 3.53. The van der Waals surface area contributed by atoms with E-state index < -0.39 is 5.97 Å². The van der Waals surface area contributed by atoms with Crippen molar-refractivity contribution in [3.63, 3.8) is 0 Å². The molecule has 5 nitrogen and oxygen atoms in total. The number of rotatable bonds is 2. The van der Waals surface area contributed by atoms with Gasteiger partial charge in [0.1, 0.15) is 0 Å². The zero-order valence-electron chi connectivity index (χ0n) is 7.75. The van der Waals surface area contributed by atoms with Crippen molar-refractivity contribution in [3.05, 3.63) is 29.8 Å². The molecule has 1 aliphatic heterocycles. The van der Waals surface area contributed by atoms with Crippen LogP contribution in [-0.2, 0) is 4.79 Å². The van der Waals surface area contributed by atoms with Gasteiger partial charge in [0.05, 0.1) is 17.7 Å². The molecule has 15 heavy (non-hydrogen) atoms. The quantitative estimate of drug-likeness (QED) is 0.784. The largest absolute Gasteiger partial charge is 0.478 e. The highest BCUT2D eigenvalue weighted by Gasteiger charge is 2.18. The molecule has 1 amide bonds. The summed E-state index contributed by atoms with van der Waals surface area (Å²) in [5.41, 5.74) is 0.771. The van der Waals surface area contributed by atoms with Gasteiger partial charge in [-0.05, 0) is 24.3 Å². The Bertz CT molecular complexity index is 436. The Hall–Kier alpha value is -2.17. The Labute approximate surface area is 85.6 Å². The molecular formula is C10H8N2O3. The lowest BCUT2D eigenvalue weighted by atomic mass is 10.2. The monoisotopic (exact) mass is 204 g/mol. The van der Waals surface area contributed by atoms with Gasteiger partial charge in [-0.1, -0.05) is 0 Å². The van der Waals surface area contributed by atoms with Crippen molar-refractivity contribution in [1.29, 1.82) is 0 Å². The summed E-state index contributed by atoms with van der Waals surface area (Å²) < 4.78 is 0. The number of carboxylic acid groups (broad SMARTS) is 1. The molecule has 1 aromatic carbocycles. The van der Waals surface area contributed by atoms with Crippen molar-refractivity contribution < 1.29 is 14.7 Å². The van der Waals surface area contributed by atoms with E-state index in [4.69, 9.17) is 5.11 Å². The number of benzene rings is 1. The van der Waals surface area contributed by atoms with Crippen molar-refractivity contribution in [3.8, 4) is 0 Å². The molecule has 0 saturated carbocycles. The van der Waals surface area contributed by atoms with E-state index in [1.807, 2.05) is 0 Å². The molecule has 5 heteroatoms. The molecule has 0 unspecified atom stereocenters. The number of hydrogen-bond donors (Lipinski definition) is 1. The summed E-state index contributed by atoms with van der Waals surface area (Å²) >= 11 is 0. The topological polar surface area (TPSA) is 70.0 Å². The SMILES string of the molecule is O=C(O)c1ccc(N2N=CCC2=O)cc1. The lowest BCUT2D eigenvalue weighted by Gasteiger charge is -2.11. The maximum Gasteiger partial charge on any atom is 0.335 e. The highest BCUT2D eigenvalue weighted by Crippen LogP contribution is 2.18. The molecule has 0 spiro atoms. The summed E-state index contributed by atoms with van der Waals surface area (Å²) in [5, 5.41) is 13.8. The average Bonchev–Trinajstić information content (AvgIpc) is 2.65. The van der Waals surface area contributed by atoms with Gasteiger partial charge >= 0.3 is 5.97 Å². The highest BCUT2D eigenvalue weighted by atomic mass is 16.4. The van der Waals surface area contributed by atoms with E-state index in [1.165, 1.54) is 23.4 Å². The van der Waals surface area contributed by atoms with E-state index in [0.717, 1.165) is 0 Å². The first-order chi connectivity index (χ1) is 7.18. The van der Waals surface area contributed by atoms with Gasteiger partial charge in [-0.25, -0.2) is 9.80 Å². The van der Waals surface area contributed by atoms with Crippen LogP contribution in [0.1, 0.15) is 16.8 Å². The first-order valence-electron chi connectivity index (χ1n) is 4.37. The minimum Gasteiger partial charge on any atom is -0.478 e. The molecule has 1 heterocycles. The molecule has 1 N–H and O–H groups in total. The highest BCUT2D eigenvalue weighted by molar-refractivity contribution is 6.05. The van der Waals surface area contributed by atoms with Crippen molar-refractivity contribution in [2.45, 2.75) is 6.42 Å². The van der Waals surface area contributed by atoms with Crippen LogP contribution in [0.15, 0.2) is 29.4 Å². The summed E-state index contributed by atoms with van der Waals surface area (Å²) in [6.07, 6.45) is 1.81. The Morgan fingerprint density at radius 1 is 1.33 bits per heavy atom. The molecule has 0 atom stereocenters. The summed E-state index contributed by atoms with van der Waals surface area (Å²) in [7, 11) is 0. The number of nitrogens with zero attached hydrogens (tertiary/aromatic N) is 2. The van der Waals surface area contributed by atoms with Gasteiger partial charge in [-0.15, -0.1) is 0 Å². The van der Waals surface area contributed by atoms with Crippen molar-refractivity contribution in [2.24, 2.45) is 5.10 Å². The minimum atomic E-state index is -0.988. The third-order valence-electron chi connectivity index (χ3n) is 2.06. The number of carbonyl (C=O) groups excluding carboxylic acids is 1. The van der Waals surface area contributed by atoms with Gasteiger partial charge in [0.2, 0.25) is 0 Å². The van der Waals surface area contributed by atoms with Gasteiger partial charge < -0.3 is 5.11 Å². The first kappa shape index (κ1) is 9.39. The Morgan fingerprint density at radius 2 is 2.00 bits per heavy atom. The van der Waals surface area contributed by atoms with Crippen LogP contribution in [0, 0.1) is 0 Å². The average molecular weight is 204 g/mol. The summed E-state index contributed by atoms with van der Waals surface area (Å²) in [6.45, 7) is 0. The van der Waals surface area contributed by atoms with Crippen molar-refractivity contribution in [1.82, 2.24) is 0 Å². The van der Waals surface area contributed by atoms with E-state index >= 15 is 0 Å². The maximum atomic E-state index is 11.3. The summed E-state index contributed by atoms with van der Waals surface area (Å²) in [4.78, 5) is 21.9. The van der Waals surface area contributed by atoms with Crippen LogP contribution in [0.2, 0.25) is 0 Å². The molecule has 76 valence electrons. The Morgan fingerprint density at radius 3 is 2.47 bits per heavy atom. The van der Waals surface area contributed by atoms with Gasteiger partial charge in [-0.3, -0.25) is 4.79 Å². The fraction of sp³-hybridized carbons (Fsp3) is 0.100. The molecule has 1 aliphatic rings. The van der Waals surface area contributed by atoms with Crippen LogP contribution < -0.4 is 5.01 Å². The first-order valence-corrected chi connectivity index (χ1v) is 4.37. The van der Waals surface area contributed by atoms with E-state index in [-0.39, 0.29) is 11.5 Å². The third kappa shape index (κ3) is 1.71. The Kier molecular flexibility index (Phi) is 2.21. The predicted octanol–water partition coefficient (Wildman–Crippen LogP) is 1.11. The van der Waals surface area contributed by atoms with Gasteiger partial charge in [0, 0.05) is 6.21 Å². The van der Waals surface area contributed by atoms with Crippen LogP contribution in [0.3, 0.4) is 0 Å². The van der Waals surface area contributed by atoms with Crippen LogP contribution in [0.5, 0.6) is 0 Å². The van der Waals surface area contributed by atoms with Crippen molar-refractivity contribution in [2.75, 3.05) is 5.01 Å². The van der Waals surface area contributed by atoms with Crippen LogP contribution in [0.4, 0.5) is 5.69 Å². The molecule has 0 radical (unpaired) electrons. The number of hydrazone groups is 1. The number of carbonyl (C=O) groups is 2. The van der Waals surface area contributed by atoms with Gasteiger partial charge in [-0.2, -0.15) is 5.10 Å². The van der Waals surface area contributed by atoms with Gasteiger partial charge in [0.25, 0.3) is 5.91 Å². The molecule has 1 aromatic rings. The normalized spacial score (nSPS) is 14.7. The van der Waals surface area contributed by atoms with Gasteiger partial charge in [0.15, 0.2) is 0 Å². The van der Waals surface area contributed by atoms with Crippen LogP contribution >= 0.6 is 0 Å². The standard InChI is InChI=1S/C10H8N2O3/c13-9-5-6-11-12(9)8-3-1-7(2-4-8)10(14)15/h1-4,6H,5H2,(H,14,15). The smallest absolute Gasteiger partial charge is 0.335 e. The molecule has 0 bridgehead atoms. The predicted molar refractivity (Wildman–Crippen MR) is 54.0 cm³/mol. The van der Waals surface area contributed by atoms with E-state index in [2.05, 4.69) is 5.10 Å². The second-order valence-corrected chi connectivity index (χ2v) is 3.06. The maximum absolute atomic E-state index is 11.3. The number of hydrogen-bond acceptors (Lipinski definition) is 3. The van der Waals surface area contributed by atoms with Crippen LogP contribution in [-0.4, -0.2) is 23.2 Å². The molecule has 0 saturated heterocycles. The fourth-order valence-electron chi connectivity index (χ4n) is 1.31. The van der Waals surface area contributed by atoms with E-state index in [0.29, 0.717) is 12.1 Å². The molecule has 0 aliphatic carbocycles. The van der Waals surface area contributed by atoms with E-state index in [1.54, 1.807) is 12.1 Å². The number of aromatic carboxylic acids is 1. The molecular weight excluding hydrogens is 196 g/mol. The summed E-state index contributed by atoms with van der Waals surface area (Å²) in [5.74, 6) is -1.10. The zero-order chi connectivity index (χ0) is 10.8. The van der Waals surface area contributed by atoms with E-state index in [9.17, 15) is 9.59 Å². The minimum absolute atomic E-state index is 0.113. The number of amides is 1. The number of anilines is 1. The lowest BCUT2D eigenvalue weighted by molar-refractivity contribution is -0.116. The second-order valence-electron chi connectivity index (χ2n) is 3.06. The lowest BCUT2D eigenvalue weighted by Crippen LogP contribution is -2.19. The number of carboxylic acids is 1. The third-order valence-corrected chi connectivity index (χ3v) is 2.06. The summed E-state index contributed by atoms with van der Waals surface area (Å²) in [6, 6.07) is 6.01. The van der Waals surface area contributed by atoms with Crippen LogP contribution in [0.25, 0.3) is 0 Å². The zero-order valence-corrected chi connectivity index (χ0v) is 7.75. The molecule has 0 fully saturated rings. The Balaban J connectivity index is 2.27. The van der Waals surface area contributed by atoms with Crippen molar-refractivity contribution >= 4 is 23.8 Å². The molecule has 0 aromatic heterocycles.